The smallest absolute Gasteiger partial charge is 0.254 e. The molecule has 0 N–H and O–H groups in total. The topological polar surface area (TPSA) is 72.0 Å². The molecule has 0 atom stereocenters. The number of benzene rings is 1. The van der Waals surface area contributed by atoms with Crippen LogP contribution in [0.5, 0.6) is 11.5 Å². The fourth-order valence-corrected chi connectivity index (χ4v) is 3.15. The van der Waals surface area contributed by atoms with Gasteiger partial charge in [0.2, 0.25) is 0 Å². The maximum absolute atomic E-state index is 12.9. The van der Waals surface area contributed by atoms with Gasteiger partial charge in [0.25, 0.3) is 11.8 Å². The highest BCUT2D eigenvalue weighted by Crippen LogP contribution is 2.28. The molecule has 0 bridgehead atoms. The Labute approximate surface area is 158 Å². The molecule has 1 aromatic heterocycles. The number of nitrogens with zero attached hydrogens (tertiary/aromatic N) is 3. The summed E-state index contributed by atoms with van der Waals surface area (Å²) in [5.41, 5.74) is 1.16. The van der Waals surface area contributed by atoms with E-state index in [1.165, 1.54) is 0 Å². The van der Waals surface area contributed by atoms with Crippen molar-refractivity contribution < 1.29 is 19.1 Å². The average Bonchev–Trinajstić information content (AvgIpc) is 2.99. The van der Waals surface area contributed by atoms with E-state index >= 15 is 0 Å². The van der Waals surface area contributed by atoms with Crippen molar-refractivity contribution in [2.45, 2.75) is 6.42 Å². The first-order valence-corrected chi connectivity index (χ1v) is 8.84. The number of hydrogen-bond donors (Lipinski definition) is 0. The van der Waals surface area contributed by atoms with Crippen molar-refractivity contribution in [2.75, 3.05) is 40.4 Å². The number of amides is 2. The third-order valence-electron chi connectivity index (χ3n) is 4.63. The summed E-state index contributed by atoms with van der Waals surface area (Å²) in [5.74, 6) is 0.999. The number of rotatable bonds is 4. The minimum absolute atomic E-state index is 0.0298. The molecule has 0 unspecified atom stereocenters. The maximum Gasteiger partial charge on any atom is 0.254 e. The van der Waals surface area contributed by atoms with E-state index in [4.69, 9.17) is 9.47 Å². The minimum atomic E-state index is -0.0748. The molecule has 0 spiro atoms. The number of hydrogen-bond acceptors (Lipinski definition) is 5. The summed E-state index contributed by atoms with van der Waals surface area (Å²) in [6.07, 6.45) is 3.95. The SMILES string of the molecule is COc1ccc(C(=O)N2CCCN(C(=O)c3ccncc3)CC2)cc1OC. The third kappa shape index (κ3) is 4.19. The fourth-order valence-electron chi connectivity index (χ4n) is 3.15. The number of carbonyl (C=O) groups excluding carboxylic acids is 2. The highest BCUT2D eigenvalue weighted by atomic mass is 16.5. The predicted octanol–water partition coefficient (Wildman–Crippen LogP) is 2.09. The van der Waals surface area contributed by atoms with E-state index in [2.05, 4.69) is 4.98 Å². The molecule has 2 heterocycles. The molecule has 142 valence electrons. The van der Waals surface area contributed by atoms with E-state index in [0.717, 1.165) is 6.42 Å². The van der Waals surface area contributed by atoms with Gasteiger partial charge in [0.05, 0.1) is 14.2 Å². The van der Waals surface area contributed by atoms with E-state index < -0.39 is 0 Å². The van der Waals surface area contributed by atoms with E-state index in [-0.39, 0.29) is 11.8 Å². The Kier molecular flexibility index (Phi) is 5.90. The number of carbonyl (C=O) groups is 2. The van der Waals surface area contributed by atoms with Crippen LogP contribution in [0.4, 0.5) is 0 Å². The molecule has 0 radical (unpaired) electrons. The summed E-state index contributed by atoms with van der Waals surface area (Å²) in [5, 5.41) is 0. The van der Waals surface area contributed by atoms with Crippen LogP contribution < -0.4 is 9.47 Å². The van der Waals surface area contributed by atoms with Crippen LogP contribution in [0.15, 0.2) is 42.7 Å². The second-order valence-corrected chi connectivity index (χ2v) is 6.24. The van der Waals surface area contributed by atoms with Gasteiger partial charge >= 0.3 is 0 Å². The largest absolute Gasteiger partial charge is 0.493 e. The van der Waals surface area contributed by atoms with Crippen molar-refractivity contribution in [2.24, 2.45) is 0 Å². The molecule has 1 fully saturated rings. The monoisotopic (exact) mass is 369 g/mol. The lowest BCUT2D eigenvalue weighted by molar-refractivity contribution is 0.0718. The van der Waals surface area contributed by atoms with E-state index in [1.54, 1.807) is 66.7 Å². The van der Waals surface area contributed by atoms with Crippen LogP contribution in [-0.4, -0.2) is 67.0 Å². The zero-order chi connectivity index (χ0) is 19.2. The summed E-state index contributed by atoms with van der Waals surface area (Å²) in [6, 6.07) is 8.56. The van der Waals surface area contributed by atoms with Gasteiger partial charge in [0, 0.05) is 49.7 Å². The number of methoxy groups -OCH3 is 2. The Balaban J connectivity index is 1.69. The van der Waals surface area contributed by atoms with E-state index in [0.29, 0.717) is 48.8 Å². The van der Waals surface area contributed by atoms with Crippen molar-refractivity contribution in [3.05, 3.63) is 53.9 Å². The van der Waals surface area contributed by atoms with Gasteiger partial charge in [0.1, 0.15) is 0 Å². The predicted molar refractivity (Wildman–Crippen MR) is 100 cm³/mol. The Morgan fingerprint density at radius 1 is 0.815 bits per heavy atom. The Bertz CT molecular complexity index is 810. The lowest BCUT2D eigenvalue weighted by Gasteiger charge is -2.22. The van der Waals surface area contributed by atoms with Gasteiger partial charge < -0.3 is 19.3 Å². The van der Waals surface area contributed by atoms with Gasteiger partial charge in [0.15, 0.2) is 11.5 Å². The molecule has 7 heteroatoms. The van der Waals surface area contributed by atoms with Crippen molar-refractivity contribution in [3.8, 4) is 11.5 Å². The summed E-state index contributed by atoms with van der Waals surface area (Å²) in [7, 11) is 3.10. The molecular formula is C20H23N3O4. The highest BCUT2D eigenvalue weighted by molar-refractivity contribution is 5.96. The molecule has 1 aliphatic heterocycles. The average molecular weight is 369 g/mol. The first kappa shape index (κ1) is 18.7. The molecule has 27 heavy (non-hydrogen) atoms. The summed E-state index contributed by atoms with van der Waals surface area (Å²) >= 11 is 0. The highest BCUT2D eigenvalue weighted by Gasteiger charge is 2.24. The van der Waals surface area contributed by atoms with Gasteiger partial charge in [-0.2, -0.15) is 0 Å². The normalized spacial score (nSPS) is 14.4. The van der Waals surface area contributed by atoms with Crippen LogP contribution in [0.3, 0.4) is 0 Å². The van der Waals surface area contributed by atoms with Gasteiger partial charge in [-0.05, 0) is 36.8 Å². The zero-order valence-corrected chi connectivity index (χ0v) is 15.6. The standard InChI is InChI=1S/C20H23N3O4/c1-26-17-5-4-16(14-18(17)27-2)20(25)23-11-3-10-22(12-13-23)19(24)15-6-8-21-9-7-15/h4-9,14H,3,10-13H2,1-2H3. The zero-order valence-electron chi connectivity index (χ0n) is 15.6. The van der Waals surface area contributed by atoms with Crippen LogP contribution in [-0.2, 0) is 0 Å². The Morgan fingerprint density at radius 2 is 1.41 bits per heavy atom. The Morgan fingerprint density at radius 3 is 2.00 bits per heavy atom. The molecule has 2 amide bonds. The molecular weight excluding hydrogens is 346 g/mol. The molecule has 7 nitrogen and oxygen atoms in total. The maximum atomic E-state index is 12.9. The van der Waals surface area contributed by atoms with Crippen LogP contribution >= 0.6 is 0 Å². The van der Waals surface area contributed by atoms with E-state index in [1.807, 2.05) is 0 Å². The van der Waals surface area contributed by atoms with Crippen molar-refractivity contribution in [1.29, 1.82) is 0 Å². The lowest BCUT2D eigenvalue weighted by Crippen LogP contribution is -2.37. The van der Waals surface area contributed by atoms with Gasteiger partial charge in [-0.1, -0.05) is 0 Å². The fraction of sp³-hybridized carbons (Fsp3) is 0.350. The Hall–Kier alpha value is -3.09. The van der Waals surface area contributed by atoms with Crippen molar-refractivity contribution in [3.63, 3.8) is 0 Å². The summed E-state index contributed by atoms with van der Waals surface area (Å²) in [4.78, 5) is 33.0. The number of aromatic nitrogens is 1. The van der Waals surface area contributed by atoms with Crippen LogP contribution in [0, 0.1) is 0 Å². The number of pyridine rings is 1. The molecule has 2 aromatic rings. The van der Waals surface area contributed by atoms with Gasteiger partial charge in [-0.25, -0.2) is 0 Å². The van der Waals surface area contributed by atoms with Crippen molar-refractivity contribution >= 4 is 11.8 Å². The molecule has 1 aliphatic rings. The van der Waals surface area contributed by atoms with Gasteiger partial charge in [-0.3, -0.25) is 14.6 Å². The lowest BCUT2D eigenvalue weighted by atomic mass is 10.1. The summed E-state index contributed by atoms with van der Waals surface area (Å²) < 4.78 is 10.5. The van der Waals surface area contributed by atoms with Crippen molar-refractivity contribution in [1.82, 2.24) is 14.8 Å². The van der Waals surface area contributed by atoms with E-state index in [9.17, 15) is 9.59 Å². The molecule has 0 aliphatic carbocycles. The van der Waals surface area contributed by atoms with Gasteiger partial charge in [-0.15, -0.1) is 0 Å². The second-order valence-electron chi connectivity index (χ2n) is 6.24. The molecule has 1 aromatic carbocycles. The summed E-state index contributed by atoms with van der Waals surface area (Å²) in [6.45, 7) is 2.22. The molecule has 0 saturated carbocycles. The molecule has 3 rings (SSSR count). The second kappa shape index (κ2) is 8.53. The van der Waals surface area contributed by atoms with Crippen LogP contribution in [0.2, 0.25) is 0 Å². The number of ether oxygens (including phenoxy) is 2. The third-order valence-corrected chi connectivity index (χ3v) is 4.63. The minimum Gasteiger partial charge on any atom is -0.493 e. The molecule has 1 saturated heterocycles. The quantitative estimate of drug-likeness (QED) is 0.825. The van der Waals surface area contributed by atoms with Crippen LogP contribution in [0.25, 0.3) is 0 Å². The first-order chi connectivity index (χ1) is 13.1. The van der Waals surface area contributed by atoms with Crippen LogP contribution in [0.1, 0.15) is 27.1 Å². The first-order valence-electron chi connectivity index (χ1n) is 8.84.